The Morgan fingerprint density at radius 1 is 1.24 bits per heavy atom. The third-order valence-electron chi connectivity index (χ3n) is 3.49. The molecule has 3 nitrogen and oxygen atoms in total. The van der Waals surface area contributed by atoms with Crippen molar-refractivity contribution in [1.29, 1.82) is 0 Å². The van der Waals surface area contributed by atoms with Gasteiger partial charge in [-0.25, -0.2) is 0 Å². The zero-order chi connectivity index (χ0) is 15.8. The van der Waals surface area contributed by atoms with Gasteiger partial charge in [-0.1, -0.05) is 62.7 Å². The van der Waals surface area contributed by atoms with Crippen molar-refractivity contribution in [3.05, 3.63) is 34.3 Å². The van der Waals surface area contributed by atoms with Crippen molar-refractivity contribution in [1.82, 2.24) is 4.90 Å². The smallest absolute Gasteiger partial charge is 0.233 e. The molecular weight excluding hydrogens is 328 g/mol. The molecule has 114 valence electrons. The Balaban J connectivity index is 2.43. The Hall–Kier alpha value is -1.16. The van der Waals surface area contributed by atoms with Crippen LogP contribution < -0.4 is 0 Å². The van der Waals surface area contributed by atoms with E-state index in [2.05, 4.69) is 29.8 Å². The van der Waals surface area contributed by atoms with Crippen LogP contribution in [-0.4, -0.2) is 29.7 Å². The lowest BCUT2D eigenvalue weighted by Gasteiger charge is -2.39. The molecule has 2 rings (SSSR count). The maximum atomic E-state index is 12.8. The maximum absolute atomic E-state index is 12.8. The molecule has 21 heavy (non-hydrogen) atoms. The van der Waals surface area contributed by atoms with Crippen LogP contribution in [0.25, 0.3) is 0 Å². The van der Waals surface area contributed by atoms with E-state index in [0.29, 0.717) is 6.54 Å². The lowest BCUT2D eigenvalue weighted by atomic mass is 9.87. The average Bonchev–Trinajstić information content (AvgIpc) is 2.37. The average molecular weight is 351 g/mol. The van der Waals surface area contributed by atoms with Gasteiger partial charge in [0.1, 0.15) is 5.84 Å². The summed E-state index contributed by atoms with van der Waals surface area (Å²) >= 11 is 3.44. The van der Waals surface area contributed by atoms with Crippen molar-refractivity contribution in [3.8, 4) is 0 Å². The van der Waals surface area contributed by atoms with E-state index in [1.807, 2.05) is 49.9 Å². The highest BCUT2D eigenvalue weighted by molar-refractivity contribution is 9.10. The van der Waals surface area contributed by atoms with Gasteiger partial charge in [0.2, 0.25) is 5.91 Å². The molecule has 0 unspecified atom stereocenters. The number of aliphatic imine (C=N–C) groups is 1. The van der Waals surface area contributed by atoms with Gasteiger partial charge in [0, 0.05) is 34.0 Å². The first-order valence-corrected chi connectivity index (χ1v) is 8.02. The van der Waals surface area contributed by atoms with Crippen LogP contribution in [0.4, 0.5) is 0 Å². The summed E-state index contributed by atoms with van der Waals surface area (Å²) in [5, 5.41) is 0. The lowest BCUT2D eigenvalue weighted by Crippen LogP contribution is -2.51. The highest BCUT2D eigenvalue weighted by atomic mass is 79.9. The number of amides is 1. The number of hydrogen-bond acceptors (Lipinski definition) is 2. The molecule has 0 saturated heterocycles. The van der Waals surface area contributed by atoms with Crippen LogP contribution in [0.2, 0.25) is 0 Å². The van der Waals surface area contributed by atoms with Gasteiger partial charge in [0.15, 0.2) is 0 Å². The summed E-state index contributed by atoms with van der Waals surface area (Å²) in [5.74, 6) is 0.915. The third kappa shape index (κ3) is 3.73. The van der Waals surface area contributed by atoms with E-state index in [1.54, 1.807) is 0 Å². The molecule has 0 spiro atoms. The molecule has 4 heteroatoms. The second-order valence-electron chi connectivity index (χ2n) is 7.45. The topological polar surface area (TPSA) is 32.7 Å². The molecular formula is C17H23BrN2O. The van der Waals surface area contributed by atoms with Crippen LogP contribution in [0, 0.1) is 10.8 Å². The fourth-order valence-corrected chi connectivity index (χ4v) is 2.61. The van der Waals surface area contributed by atoms with Gasteiger partial charge in [-0.3, -0.25) is 14.7 Å². The molecule has 0 atom stereocenters. The normalized spacial score (nSPS) is 18.4. The van der Waals surface area contributed by atoms with Crippen molar-refractivity contribution in [2.45, 2.75) is 34.6 Å². The van der Waals surface area contributed by atoms with E-state index in [4.69, 9.17) is 4.99 Å². The first kappa shape index (κ1) is 16.2. The quantitative estimate of drug-likeness (QED) is 0.749. The monoisotopic (exact) mass is 350 g/mol. The van der Waals surface area contributed by atoms with Crippen molar-refractivity contribution >= 4 is 27.7 Å². The first-order chi connectivity index (χ1) is 9.60. The van der Waals surface area contributed by atoms with Crippen LogP contribution in [0.3, 0.4) is 0 Å². The molecule has 0 radical (unpaired) electrons. The van der Waals surface area contributed by atoms with Gasteiger partial charge in [-0.15, -0.1) is 0 Å². The van der Waals surface area contributed by atoms with Crippen LogP contribution in [-0.2, 0) is 4.79 Å². The predicted octanol–water partition coefficient (Wildman–Crippen LogP) is 4.11. The van der Waals surface area contributed by atoms with Gasteiger partial charge in [-0.2, -0.15) is 0 Å². The standard InChI is InChI=1S/C17H23BrN2O/c1-16(2,3)15(21)20-11-17(4,5)10-19-14(20)12-6-8-13(18)9-7-12/h6-9H,10-11H2,1-5H3. The summed E-state index contributed by atoms with van der Waals surface area (Å²) in [6.07, 6.45) is 0. The van der Waals surface area contributed by atoms with E-state index < -0.39 is 5.41 Å². The molecule has 0 bridgehead atoms. The highest BCUT2D eigenvalue weighted by Gasteiger charge is 2.37. The number of hydrogen-bond donors (Lipinski definition) is 0. The fourth-order valence-electron chi connectivity index (χ4n) is 2.35. The fraction of sp³-hybridized carbons (Fsp3) is 0.529. The lowest BCUT2D eigenvalue weighted by molar-refractivity contribution is -0.136. The molecule has 1 aliphatic heterocycles. The van der Waals surface area contributed by atoms with Gasteiger partial charge in [0.25, 0.3) is 0 Å². The summed E-state index contributed by atoms with van der Waals surface area (Å²) < 4.78 is 1.02. The van der Waals surface area contributed by atoms with E-state index >= 15 is 0 Å². The molecule has 1 heterocycles. The van der Waals surface area contributed by atoms with Crippen LogP contribution >= 0.6 is 15.9 Å². The second-order valence-corrected chi connectivity index (χ2v) is 8.37. The van der Waals surface area contributed by atoms with E-state index in [0.717, 1.165) is 22.4 Å². The number of carbonyl (C=O) groups excluding carboxylic acids is 1. The Kier molecular flexibility index (Phi) is 4.29. The zero-order valence-corrected chi connectivity index (χ0v) is 15.0. The molecule has 0 aromatic heterocycles. The minimum atomic E-state index is -0.413. The molecule has 0 aliphatic carbocycles. The Bertz CT molecular complexity index is 567. The minimum Gasteiger partial charge on any atom is -0.296 e. The van der Waals surface area contributed by atoms with Crippen molar-refractivity contribution < 1.29 is 4.79 Å². The molecule has 0 saturated carbocycles. The number of carbonyl (C=O) groups is 1. The van der Waals surface area contributed by atoms with E-state index in [-0.39, 0.29) is 11.3 Å². The SMILES string of the molecule is CC1(C)CN=C(c2ccc(Br)cc2)N(C(=O)C(C)(C)C)C1. The van der Waals surface area contributed by atoms with Gasteiger partial charge in [0.05, 0.1) is 0 Å². The summed E-state index contributed by atoms with van der Waals surface area (Å²) in [4.78, 5) is 19.4. The Morgan fingerprint density at radius 2 is 1.81 bits per heavy atom. The predicted molar refractivity (Wildman–Crippen MR) is 90.5 cm³/mol. The van der Waals surface area contributed by atoms with Gasteiger partial charge < -0.3 is 0 Å². The van der Waals surface area contributed by atoms with Crippen molar-refractivity contribution in [3.63, 3.8) is 0 Å². The number of benzene rings is 1. The summed E-state index contributed by atoms with van der Waals surface area (Å²) in [5.41, 5.74) is 0.592. The van der Waals surface area contributed by atoms with Crippen molar-refractivity contribution in [2.75, 3.05) is 13.1 Å². The van der Waals surface area contributed by atoms with Gasteiger partial charge >= 0.3 is 0 Å². The largest absolute Gasteiger partial charge is 0.296 e. The molecule has 1 aromatic carbocycles. The summed E-state index contributed by atoms with van der Waals surface area (Å²) in [6, 6.07) is 7.98. The summed E-state index contributed by atoms with van der Waals surface area (Å²) in [7, 11) is 0. The van der Waals surface area contributed by atoms with Gasteiger partial charge in [-0.05, 0) is 12.1 Å². The minimum absolute atomic E-state index is 0.0137. The van der Waals surface area contributed by atoms with Crippen molar-refractivity contribution in [2.24, 2.45) is 15.8 Å². The Labute approximate surface area is 135 Å². The highest BCUT2D eigenvalue weighted by Crippen LogP contribution is 2.29. The summed E-state index contributed by atoms with van der Waals surface area (Å²) in [6.45, 7) is 11.6. The number of rotatable bonds is 1. The van der Waals surface area contributed by atoms with E-state index in [1.165, 1.54) is 0 Å². The van der Waals surface area contributed by atoms with Crippen LogP contribution in [0.1, 0.15) is 40.2 Å². The molecule has 0 fully saturated rings. The second kappa shape index (κ2) is 5.56. The number of amidine groups is 1. The number of halogens is 1. The Morgan fingerprint density at radius 3 is 2.33 bits per heavy atom. The van der Waals surface area contributed by atoms with Crippen LogP contribution in [0.5, 0.6) is 0 Å². The first-order valence-electron chi connectivity index (χ1n) is 7.22. The maximum Gasteiger partial charge on any atom is 0.233 e. The third-order valence-corrected chi connectivity index (χ3v) is 4.02. The van der Waals surface area contributed by atoms with Crippen LogP contribution in [0.15, 0.2) is 33.7 Å². The number of nitrogens with zero attached hydrogens (tertiary/aromatic N) is 2. The zero-order valence-electron chi connectivity index (χ0n) is 13.4. The molecule has 0 N–H and O–H groups in total. The van der Waals surface area contributed by atoms with E-state index in [9.17, 15) is 4.79 Å². The molecule has 1 amide bonds. The molecule has 1 aliphatic rings. The molecule has 1 aromatic rings.